The number of thioether (sulfide) groups is 1. The van der Waals surface area contributed by atoms with Crippen LogP contribution in [0.15, 0.2) is 0 Å². The van der Waals surface area contributed by atoms with Crippen molar-refractivity contribution in [2.24, 2.45) is 5.92 Å². The number of carboxylic acid groups (broad SMARTS) is 1. The van der Waals surface area contributed by atoms with Gasteiger partial charge in [0.15, 0.2) is 6.04 Å². The van der Waals surface area contributed by atoms with Crippen LogP contribution in [-0.2, 0) is 19.1 Å². The smallest absolute Gasteiger partial charge is 0.407 e. The minimum absolute atomic E-state index is 0.150. The summed E-state index contributed by atoms with van der Waals surface area (Å²) >= 11 is 1.51. The van der Waals surface area contributed by atoms with Crippen molar-refractivity contribution in [1.82, 2.24) is 15.5 Å². The largest absolute Gasteiger partial charge is 0.480 e. The van der Waals surface area contributed by atoms with Gasteiger partial charge in [-0.15, -0.1) is 0 Å². The quantitative estimate of drug-likeness (QED) is 0.357. The van der Waals surface area contributed by atoms with E-state index in [1.54, 1.807) is 6.92 Å². The van der Waals surface area contributed by atoms with E-state index >= 15 is 0 Å². The number of aliphatic hydroxyl groups is 1. The van der Waals surface area contributed by atoms with Crippen molar-refractivity contribution < 1.29 is 34.1 Å². The highest BCUT2D eigenvalue weighted by molar-refractivity contribution is 7.98. The van der Waals surface area contributed by atoms with Gasteiger partial charge in [0.1, 0.15) is 12.1 Å². The first-order valence-electron chi connectivity index (χ1n) is 9.50. The third-order valence-corrected chi connectivity index (χ3v) is 5.13. The molecule has 29 heavy (non-hydrogen) atoms. The number of aliphatic hydroxyl groups excluding tert-OH is 1. The van der Waals surface area contributed by atoms with E-state index in [9.17, 15) is 29.4 Å². The number of amides is 3. The Morgan fingerprint density at radius 2 is 2.00 bits per heavy atom. The maximum atomic E-state index is 12.7. The molecule has 4 unspecified atom stereocenters. The molecule has 0 aromatic rings. The van der Waals surface area contributed by atoms with E-state index in [1.807, 2.05) is 20.1 Å². The molecule has 0 aromatic heterocycles. The third-order valence-electron chi connectivity index (χ3n) is 4.48. The molecule has 1 heterocycles. The second-order valence-corrected chi connectivity index (χ2v) is 8.38. The monoisotopic (exact) mass is 433 g/mol. The van der Waals surface area contributed by atoms with Gasteiger partial charge in [-0.3, -0.25) is 9.59 Å². The number of carbonyl (C=O) groups is 4. The summed E-state index contributed by atoms with van der Waals surface area (Å²) in [6, 6.07) is -3.63. The zero-order valence-electron chi connectivity index (χ0n) is 17.2. The van der Waals surface area contributed by atoms with E-state index in [2.05, 4.69) is 10.6 Å². The minimum atomic E-state index is -1.36. The van der Waals surface area contributed by atoms with Crippen LogP contribution >= 0.6 is 11.8 Å². The average Bonchev–Trinajstić information content (AvgIpc) is 2.91. The van der Waals surface area contributed by atoms with Crippen LogP contribution in [0.25, 0.3) is 0 Å². The number of likely N-dealkylation sites (tertiary alicyclic amines) is 1. The van der Waals surface area contributed by atoms with Crippen LogP contribution in [0.3, 0.4) is 0 Å². The lowest BCUT2D eigenvalue weighted by atomic mass is 10.1. The number of carbonyl (C=O) groups excluding carboxylic acids is 3. The van der Waals surface area contributed by atoms with Gasteiger partial charge in [-0.05, 0) is 37.7 Å². The Balaban J connectivity index is 2.79. The summed E-state index contributed by atoms with van der Waals surface area (Å²) in [6.45, 7) is 4.93. The van der Waals surface area contributed by atoms with E-state index < -0.39 is 54.7 Å². The van der Waals surface area contributed by atoms with Gasteiger partial charge in [-0.25, -0.2) is 9.59 Å². The van der Waals surface area contributed by atoms with Gasteiger partial charge in [-0.1, -0.05) is 13.8 Å². The Labute approximate surface area is 174 Å². The summed E-state index contributed by atoms with van der Waals surface area (Å²) in [5.41, 5.74) is 0. The Hall–Kier alpha value is -2.01. The van der Waals surface area contributed by atoms with Crippen molar-refractivity contribution in [3.05, 3.63) is 0 Å². The van der Waals surface area contributed by atoms with Crippen LogP contribution < -0.4 is 10.6 Å². The van der Waals surface area contributed by atoms with E-state index in [0.717, 1.165) is 4.90 Å². The van der Waals surface area contributed by atoms with Crippen LogP contribution in [0.1, 0.15) is 33.6 Å². The zero-order valence-corrected chi connectivity index (χ0v) is 18.0. The molecule has 0 bridgehead atoms. The lowest BCUT2D eigenvalue weighted by Crippen LogP contribution is -2.53. The van der Waals surface area contributed by atoms with Crippen LogP contribution in [0.5, 0.6) is 0 Å². The van der Waals surface area contributed by atoms with Gasteiger partial charge < -0.3 is 30.5 Å². The maximum Gasteiger partial charge on any atom is 0.407 e. The topological polar surface area (TPSA) is 145 Å². The molecule has 1 rings (SSSR count). The number of hydrogen-bond donors (Lipinski definition) is 4. The molecule has 4 atom stereocenters. The molecule has 1 aliphatic heterocycles. The number of carboxylic acids is 1. The van der Waals surface area contributed by atoms with Gasteiger partial charge in [0.25, 0.3) is 0 Å². The second-order valence-electron chi connectivity index (χ2n) is 7.40. The summed E-state index contributed by atoms with van der Waals surface area (Å²) in [6.07, 6.45) is 1.71. The molecule has 1 aliphatic rings. The van der Waals surface area contributed by atoms with Crippen molar-refractivity contribution in [3.8, 4) is 0 Å². The molecule has 4 N–H and O–H groups in total. The standard InChI is InChI=1S/C18H31N3O7S/c1-10(2)9-28-18(27)20-12(5-6-29-4)15(23)19-13-7-11(3)21(16(13)24)14(8-22)17(25)26/h10-14,22H,5-9H2,1-4H3,(H,19,23)(H,20,27)(H,25,26). The van der Waals surface area contributed by atoms with Crippen molar-refractivity contribution in [3.63, 3.8) is 0 Å². The first kappa shape index (κ1) is 25.0. The first-order valence-corrected chi connectivity index (χ1v) is 10.9. The Morgan fingerprint density at radius 3 is 2.52 bits per heavy atom. The minimum Gasteiger partial charge on any atom is -0.480 e. The van der Waals surface area contributed by atoms with Crippen LogP contribution in [-0.4, -0.2) is 88.4 Å². The van der Waals surface area contributed by atoms with Gasteiger partial charge in [0, 0.05) is 6.04 Å². The molecule has 3 amide bonds. The second kappa shape index (κ2) is 11.9. The van der Waals surface area contributed by atoms with Crippen LogP contribution in [0.2, 0.25) is 0 Å². The molecule has 1 fully saturated rings. The van der Waals surface area contributed by atoms with E-state index in [0.29, 0.717) is 12.2 Å². The molecule has 0 aromatic carbocycles. The predicted molar refractivity (Wildman–Crippen MR) is 107 cm³/mol. The Morgan fingerprint density at radius 1 is 1.34 bits per heavy atom. The fourth-order valence-electron chi connectivity index (χ4n) is 3.02. The molecule has 0 radical (unpaired) electrons. The number of alkyl carbamates (subject to hydrolysis) is 1. The van der Waals surface area contributed by atoms with Crippen molar-refractivity contribution in [1.29, 1.82) is 0 Å². The summed E-state index contributed by atoms with van der Waals surface area (Å²) in [4.78, 5) is 49.6. The summed E-state index contributed by atoms with van der Waals surface area (Å²) in [5, 5.41) is 23.6. The van der Waals surface area contributed by atoms with E-state index in [-0.39, 0.29) is 18.9 Å². The number of aliphatic carboxylic acids is 1. The number of nitrogens with one attached hydrogen (secondary N) is 2. The molecule has 10 nitrogen and oxygen atoms in total. The zero-order chi connectivity index (χ0) is 22.1. The molecule has 0 saturated carbocycles. The molecular weight excluding hydrogens is 402 g/mol. The SMILES string of the molecule is CSCCC(NC(=O)OCC(C)C)C(=O)NC1CC(C)N(C(CO)C(=O)O)C1=O. The average molecular weight is 434 g/mol. The Kier molecular flexibility index (Phi) is 10.2. The summed E-state index contributed by atoms with van der Waals surface area (Å²) in [7, 11) is 0. The number of rotatable bonds is 11. The maximum absolute atomic E-state index is 12.7. The third kappa shape index (κ3) is 7.39. The van der Waals surface area contributed by atoms with Gasteiger partial charge in [-0.2, -0.15) is 11.8 Å². The van der Waals surface area contributed by atoms with Gasteiger partial charge in [0.05, 0.1) is 13.2 Å². The van der Waals surface area contributed by atoms with Crippen molar-refractivity contribution >= 4 is 35.6 Å². The predicted octanol–water partition coefficient (Wildman–Crippen LogP) is 0.0414. The number of hydrogen-bond acceptors (Lipinski definition) is 7. The number of ether oxygens (including phenoxy) is 1. The summed E-state index contributed by atoms with van der Waals surface area (Å²) in [5.74, 6) is -1.67. The van der Waals surface area contributed by atoms with Crippen LogP contribution in [0, 0.1) is 5.92 Å². The fourth-order valence-corrected chi connectivity index (χ4v) is 3.49. The molecule has 0 aliphatic carbocycles. The van der Waals surface area contributed by atoms with E-state index in [1.165, 1.54) is 11.8 Å². The van der Waals surface area contributed by atoms with Crippen LogP contribution in [0.4, 0.5) is 4.79 Å². The highest BCUT2D eigenvalue weighted by atomic mass is 32.2. The van der Waals surface area contributed by atoms with Gasteiger partial charge >= 0.3 is 12.1 Å². The van der Waals surface area contributed by atoms with Crippen molar-refractivity contribution in [2.45, 2.75) is 57.8 Å². The highest BCUT2D eigenvalue weighted by Crippen LogP contribution is 2.22. The fraction of sp³-hybridized carbons (Fsp3) is 0.778. The van der Waals surface area contributed by atoms with Crippen molar-refractivity contribution in [2.75, 3.05) is 25.2 Å². The molecule has 1 saturated heterocycles. The molecule has 11 heteroatoms. The first-order chi connectivity index (χ1) is 13.6. The Bertz CT molecular complexity index is 602. The molecule has 0 spiro atoms. The summed E-state index contributed by atoms with van der Waals surface area (Å²) < 4.78 is 5.06. The van der Waals surface area contributed by atoms with E-state index in [4.69, 9.17) is 4.74 Å². The molecule has 166 valence electrons. The normalized spacial score (nSPS) is 21.0. The lowest BCUT2D eigenvalue weighted by Gasteiger charge is -2.27. The highest BCUT2D eigenvalue weighted by Gasteiger charge is 2.44. The van der Waals surface area contributed by atoms with Gasteiger partial charge in [0.2, 0.25) is 11.8 Å². The molecular formula is C18H31N3O7S. The lowest BCUT2D eigenvalue weighted by molar-refractivity contribution is -0.151. The number of nitrogens with zero attached hydrogens (tertiary/aromatic N) is 1.